The maximum absolute atomic E-state index is 12.2. The molecule has 2 aromatic heterocycles. The highest BCUT2D eigenvalue weighted by Crippen LogP contribution is 2.38. The van der Waals surface area contributed by atoms with E-state index in [9.17, 15) is 4.79 Å². The van der Waals surface area contributed by atoms with E-state index in [1.54, 1.807) is 32.7 Å². The number of nitrogens with zero attached hydrogens (tertiary/aromatic N) is 2. The van der Waals surface area contributed by atoms with Gasteiger partial charge in [-0.3, -0.25) is 4.79 Å². The second kappa shape index (κ2) is 8.92. The van der Waals surface area contributed by atoms with Crippen LogP contribution in [-0.2, 0) is 11.3 Å². The fourth-order valence-electron chi connectivity index (χ4n) is 2.49. The number of methoxy groups -OCH3 is 3. The van der Waals surface area contributed by atoms with E-state index in [1.165, 1.54) is 18.1 Å². The van der Waals surface area contributed by atoms with Crippen LogP contribution in [0.4, 0.5) is 0 Å². The van der Waals surface area contributed by atoms with Gasteiger partial charge in [0.05, 0.1) is 37.3 Å². The summed E-state index contributed by atoms with van der Waals surface area (Å²) in [6, 6.07) is 5.57. The number of carbonyl (C=O) groups excluding carboxylic acids is 1. The summed E-state index contributed by atoms with van der Waals surface area (Å²) in [4.78, 5) is 20.7. The molecule has 0 spiro atoms. The number of hydrogen-bond acceptors (Lipinski definition) is 8. The molecule has 9 heteroatoms. The Labute approximate surface area is 165 Å². The van der Waals surface area contributed by atoms with Crippen LogP contribution in [0.5, 0.6) is 17.2 Å². The van der Waals surface area contributed by atoms with Crippen LogP contribution in [0.15, 0.2) is 34.9 Å². The van der Waals surface area contributed by atoms with Crippen LogP contribution < -0.4 is 19.5 Å². The van der Waals surface area contributed by atoms with Crippen molar-refractivity contribution < 1.29 is 19.0 Å². The van der Waals surface area contributed by atoms with E-state index >= 15 is 0 Å². The van der Waals surface area contributed by atoms with Crippen LogP contribution in [0.2, 0.25) is 0 Å². The molecule has 0 saturated heterocycles. The molecule has 0 atom stereocenters. The number of thioether (sulfide) groups is 1. The molecule has 0 aliphatic rings. The van der Waals surface area contributed by atoms with Gasteiger partial charge in [-0.1, -0.05) is 11.8 Å². The third-order valence-corrected chi connectivity index (χ3v) is 5.79. The highest BCUT2D eigenvalue weighted by molar-refractivity contribution is 8.00. The lowest BCUT2D eigenvalue weighted by Gasteiger charge is -2.14. The summed E-state index contributed by atoms with van der Waals surface area (Å²) in [7, 11) is 4.67. The third-order valence-electron chi connectivity index (χ3n) is 3.76. The number of aromatic nitrogens is 2. The third kappa shape index (κ3) is 4.42. The van der Waals surface area contributed by atoms with Crippen LogP contribution in [0.25, 0.3) is 10.2 Å². The largest absolute Gasteiger partial charge is 0.493 e. The average molecular weight is 406 g/mol. The van der Waals surface area contributed by atoms with Crippen molar-refractivity contribution in [3.63, 3.8) is 0 Å². The van der Waals surface area contributed by atoms with Crippen molar-refractivity contribution in [2.24, 2.45) is 0 Å². The van der Waals surface area contributed by atoms with Crippen LogP contribution in [0.1, 0.15) is 5.56 Å². The molecule has 1 amide bonds. The van der Waals surface area contributed by atoms with Crippen LogP contribution in [0, 0.1) is 0 Å². The standard InChI is InChI=1S/C18H19N3O4S2/c1-23-13-6-11(7-14(24-2)16(13)25-3)8-19-15(22)9-27-18-17-12(4-5-26-17)20-10-21-18/h4-7,10H,8-9H2,1-3H3,(H,19,22). The van der Waals surface area contributed by atoms with Gasteiger partial charge in [0.1, 0.15) is 11.4 Å². The van der Waals surface area contributed by atoms with Crippen molar-refractivity contribution in [1.29, 1.82) is 0 Å². The van der Waals surface area contributed by atoms with E-state index in [0.29, 0.717) is 23.8 Å². The van der Waals surface area contributed by atoms with Crippen molar-refractivity contribution in [3.05, 3.63) is 35.5 Å². The molecule has 0 unspecified atom stereocenters. The van der Waals surface area contributed by atoms with Gasteiger partial charge in [-0.05, 0) is 29.1 Å². The van der Waals surface area contributed by atoms with Gasteiger partial charge in [-0.25, -0.2) is 9.97 Å². The van der Waals surface area contributed by atoms with Crippen LogP contribution in [-0.4, -0.2) is 43.0 Å². The van der Waals surface area contributed by atoms with Gasteiger partial charge in [0.2, 0.25) is 11.7 Å². The van der Waals surface area contributed by atoms with Crippen LogP contribution >= 0.6 is 23.1 Å². The molecule has 2 heterocycles. The zero-order chi connectivity index (χ0) is 19.2. The van der Waals surface area contributed by atoms with Gasteiger partial charge in [0.25, 0.3) is 0 Å². The van der Waals surface area contributed by atoms with E-state index in [0.717, 1.165) is 20.8 Å². The summed E-state index contributed by atoms with van der Waals surface area (Å²) in [5, 5.41) is 5.68. The first kappa shape index (κ1) is 19.2. The molecule has 3 rings (SSSR count). The molecule has 0 saturated carbocycles. The first-order valence-corrected chi connectivity index (χ1v) is 9.89. The molecule has 7 nitrogen and oxygen atoms in total. The number of nitrogens with one attached hydrogen (secondary N) is 1. The Bertz CT molecular complexity index is 920. The number of amides is 1. The van der Waals surface area contributed by atoms with Crippen molar-refractivity contribution in [3.8, 4) is 17.2 Å². The minimum absolute atomic E-state index is 0.0860. The zero-order valence-corrected chi connectivity index (χ0v) is 16.8. The molecule has 0 bridgehead atoms. The van der Waals surface area contributed by atoms with Crippen LogP contribution in [0.3, 0.4) is 0 Å². The SMILES string of the molecule is COc1cc(CNC(=O)CSc2ncnc3ccsc23)cc(OC)c1OC. The van der Waals surface area contributed by atoms with E-state index in [1.807, 2.05) is 23.6 Å². The molecule has 1 N–H and O–H groups in total. The molecule has 3 aromatic rings. The monoisotopic (exact) mass is 405 g/mol. The number of thiophene rings is 1. The van der Waals surface area contributed by atoms with Gasteiger partial charge in [-0.15, -0.1) is 11.3 Å². The van der Waals surface area contributed by atoms with E-state index < -0.39 is 0 Å². The van der Waals surface area contributed by atoms with E-state index in [-0.39, 0.29) is 11.7 Å². The summed E-state index contributed by atoms with van der Waals surface area (Å²) >= 11 is 2.97. The van der Waals surface area contributed by atoms with Gasteiger partial charge < -0.3 is 19.5 Å². The lowest BCUT2D eigenvalue weighted by atomic mass is 10.2. The predicted octanol–water partition coefficient (Wildman–Crippen LogP) is 3.13. The fraction of sp³-hybridized carbons (Fsp3) is 0.278. The molecule has 142 valence electrons. The van der Waals surface area contributed by atoms with Crippen molar-refractivity contribution in [1.82, 2.24) is 15.3 Å². The summed E-state index contributed by atoms with van der Waals surface area (Å²) in [6.45, 7) is 0.355. The highest BCUT2D eigenvalue weighted by Gasteiger charge is 2.14. The maximum atomic E-state index is 12.2. The Morgan fingerprint density at radius 1 is 1.15 bits per heavy atom. The Morgan fingerprint density at radius 3 is 2.56 bits per heavy atom. The number of rotatable bonds is 8. The molecule has 1 aromatic carbocycles. The second-order valence-corrected chi connectivity index (χ2v) is 7.29. The predicted molar refractivity (Wildman–Crippen MR) is 106 cm³/mol. The zero-order valence-electron chi connectivity index (χ0n) is 15.1. The quantitative estimate of drug-likeness (QED) is 0.455. The van der Waals surface area contributed by atoms with E-state index in [2.05, 4.69) is 15.3 Å². The minimum Gasteiger partial charge on any atom is -0.493 e. The number of ether oxygens (including phenoxy) is 3. The average Bonchev–Trinajstić information content (AvgIpc) is 3.19. The number of benzene rings is 1. The second-order valence-electron chi connectivity index (χ2n) is 5.41. The lowest BCUT2D eigenvalue weighted by Crippen LogP contribution is -2.24. The first-order chi connectivity index (χ1) is 13.2. The fourth-order valence-corrected chi connectivity index (χ4v) is 4.27. The normalized spacial score (nSPS) is 10.6. The Morgan fingerprint density at radius 2 is 1.89 bits per heavy atom. The van der Waals surface area contributed by atoms with Gasteiger partial charge in [0, 0.05) is 6.54 Å². The molecule has 0 radical (unpaired) electrons. The van der Waals surface area contributed by atoms with Crippen molar-refractivity contribution in [2.45, 2.75) is 11.6 Å². The highest BCUT2D eigenvalue weighted by atomic mass is 32.2. The lowest BCUT2D eigenvalue weighted by molar-refractivity contribution is -0.118. The van der Waals surface area contributed by atoms with Gasteiger partial charge in [0.15, 0.2) is 11.5 Å². The molecular weight excluding hydrogens is 386 g/mol. The van der Waals surface area contributed by atoms with Gasteiger partial charge in [-0.2, -0.15) is 0 Å². The van der Waals surface area contributed by atoms with Crippen molar-refractivity contribution in [2.75, 3.05) is 27.1 Å². The molecule has 0 fully saturated rings. The first-order valence-electron chi connectivity index (χ1n) is 8.02. The summed E-state index contributed by atoms with van der Waals surface area (Å²) < 4.78 is 17.0. The number of fused-ring (bicyclic) bond motifs is 1. The molecule has 0 aliphatic carbocycles. The minimum atomic E-state index is -0.0860. The Kier molecular flexibility index (Phi) is 6.36. The molecular formula is C18H19N3O4S2. The topological polar surface area (TPSA) is 82.6 Å². The molecule has 27 heavy (non-hydrogen) atoms. The smallest absolute Gasteiger partial charge is 0.230 e. The maximum Gasteiger partial charge on any atom is 0.230 e. The van der Waals surface area contributed by atoms with E-state index in [4.69, 9.17) is 14.2 Å². The van der Waals surface area contributed by atoms with Crippen molar-refractivity contribution >= 4 is 39.2 Å². The Balaban J connectivity index is 1.61. The summed E-state index contributed by atoms with van der Waals surface area (Å²) in [5.41, 5.74) is 1.75. The summed E-state index contributed by atoms with van der Waals surface area (Å²) in [6.07, 6.45) is 1.52. The molecule has 0 aliphatic heterocycles. The van der Waals surface area contributed by atoms with Gasteiger partial charge >= 0.3 is 0 Å². The number of carbonyl (C=O) groups is 1. The number of hydrogen-bond donors (Lipinski definition) is 1. The Hall–Kier alpha value is -2.52. The summed E-state index contributed by atoms with van der Waals surface area (Å²) in [5.74, 6) is 1.81.